The second-order valence-corrected chi connectivity index (χ2v) is 6.29. The number of ether oxygens (including phenoxy) is 1. The SMILES string of the molecule is CC(C)Oc1ccccc1C(=O)Nc1ccc(N2CCNC(=O)C2)nc1. The summed E-state index contributed by atoms with van der Waals surface area (Å²) in [5, 5.41) is 5.61. The van der Waals surface area contributed by atoms with Gasteiger partial charge in [0.1, 0.15) is 11.6 Å². The van der Waals surface area contributed by atoms with Crippen molar-refractivity contribution in [3.05, 3.63) is 48.2 Å². The number of hydrogen-bond donors (Lipinski definition) is 2. The summed E-state index contributed by atoms with van der Waals surface area (Å²) in [4.78, 5) is 30.3. The van der Waals surface area contributed by atoms with Crippen LogP contribution in [0, 0.1) is 0 Å². The summed E-state index contributed by atoms with van der Waals surface area (Å²) >= 11 is 0. The molecule has 1 aliphatic heterocycles. The van der Waals surface area contributed by atoms with Gasteiger partial charge in [0.2, 0.25) is 5.91 Å². The lowest BCUT2D eigenvalue weighted by Gasteiger charge is -2.27. The van der Waals surface area contributed by atoms with Crippen LogP contribution in [0.1, 0.15) is 24.2 Å². The first-order valence-electron chi connectivity index (χ1n) is 8.57. The number of benzene rings is 1. The predicted molar refractivity (Wildman–Crippen MR) is 99.6 cm³/mol. The number of anilines is 2. The normalized spacial score (nSPS) is 14.1. The lowest BCUT2D eigenvalue weighted by Crippen LogP contribution is -2.48. The Morgan fingerprint density at radius 1 is 1.27 bits per heavy atom. The van der Waals surface area contributed by atoms with Crippen LogP contribution in [0.25, 0.3) is 0 Å². The van der Waals surface area contributed by atoms with Gasteiger partial charge in [-0.25, -0.2) is 4.98 Å². The van der Waals surface area contributed by atoms with Crippen molar-refractivity contribution in [2.75, 3.05) is 29.9 Å². The first-order valence-corrected chi connectivity index (χ1v) is 8.57. The van der Waals surface area contributed by atoms with Gasteiger partial charge < -0.3 is 20.3 Å². The molecule has 2 N–H and O–H groups in total. The highest BCUT2D eigenvalue weighted by atomic mass is 16.5. The third kappa shape index (κ3) is 4.30. The Balaban J connectivity index is 1.69. The molecule has 0 unspecified atom stereocenters. The zero-order valence-electron chi connectivity index (χ0n) is 14.9. The number of rotatable bonds is 5. The van der Waals surface area contributed by atoms with E-state index in [1.165, 1.54) is 0 Å². The molecule has 7 heteroatoms. The van der Waals surface area contributed by atoms with Crippen LogP contribution < -0.4 is 20.3 Å². The van der Waals surface area contributed by atoms with Gasteiger partial charge in [-0.05, 0) is 38.1 Å². The fraction of sp³-hybridized carbons (Fsp3) is 0.316. The number of para-hydroxylation sites is 1. The first-order chi connectivity index (χ1) is 12.5. The monoisotopic (exact) mass is 354 g/mol. The van der Waals surface area contributed by atoms with Crippen LogP contribution in [0.15, 0.2) is 42.6 Å². The Hall–Kier alpha value is -3.09. The molecule has 0 atom stereocenters. The molecule has 0 aliphatic carbocycles. The molecular weight excluding hydrogens is 332 g/mol. The molecule has 136 valence electrons. The lowest BCUT2D eigenvalue weighted by atomic mass is 10.2. The van der Waals surface area contributed by atoms with E-state index in [1.54, 1.807) is 36.5 Å². The van der Waals surface area contributed by atoms with E-state index < -0.39 is 0 Å². The number of pyridine rings is 1. The Morgan fingerprint density at radius 3 is 2.77 bits per heavy atom. The van der Waals surface area contributed by atoms with E-state index in [-0.39, 0.29) is 17.9 Å². The largest absolute Gasteiger partial charge is 0.490 e. The van der Waals surface area contributed by atoms with E-state index in [2.05, 4.69) is 15.6 Å². The number of amides is 2. The Bertz CT molecular complexity index is 790. The lowest BCUT2D eigenvalue weighted by molar-refractivity contribution is -0.120. The molecule has 3 rings (SSSR count). The van der Waals surface area contributed by atoms with Gasteiger partial charge >= 0.3 is 0 Å². The molecule has 0 spiro atoms. The summed E-state index contributed by atoms with van der Waals surface area (Å²) < 4.78 is 5.69. The minimum absolute atomic E-state index is 0.0165. The van der Waals surface area contributed by atoms with Crippen molar-refractivity contribution in [3.63, 3.8) is 0 Å². The predicted octanol–water partition coefficient (Wildman–Crippen LogP) is 2.06. The number of hydrogen-bond acceptors (Lipinski definition) is 5. The number of carbonyl (C=O) groups excluding carboxylic acids is 2. The standard InChI is InChI=1S/C19H22N4O3/c1-13(2)26-16-6-4-3-5-15(16)19(25)22-14-7-8-17(21-11-14)23-10-9-20-18(24)12-23/h3-8,11,13H,9-10,12H2,1-2H3,(H,20,24)(H,22,25). The van der Waals surface area contributed by atoms with Crippen molar-refractivity contribution in [1.82, 2.24) is 10.3 Å². The molecule has 26 heavy (non-hydrogen) atoms. The van der Waals surface area contributed by atoms with Crippen LogP contribution in [0.5, 0.6) is 5.75 Å². The van der Waals surface area contributed by atoms with Gasteiger partial charge in [0.25, 0.3) is 5.91 Å². The summed E-state index contributed by atoms with van der Waals surface area (Å²) in [6.45, 7) is 5.44. The highest BCUT2D eigenvalue weighted by Crippen LogP contribution is 2.21. The van der Waals surface area contributed by atoms with Crippen molar-refractivity contribution in [2.45, 2.75) is 20.0 Å². The Kier molecular flexibility index (Phi) is 5.36. The second-order valence-electron chi connectivity index (χ2n) is 6.29. The summed E-state index contributed by atoms with van der Waals surface area (Å²) in [6, 6.07) is 10.7. The van der Waals surface area contributed by atoms with Crippen LogP contribution in [0.2, 0.25) is 0 Å². The van der Waals surface area contributed by atoms with E-state index in [9.17, 15) is 9.59 Å². The summed E-state index contributed by atoms with van der Waals surface area (Å²) in [5.41, 5.74) is 1.05. The molecule has 7 nitrogen and oxygen atoms in total. The van der Waals surface area contributed by atoms with Crippen LogP contribution >= 0.6 is 0 Å². The summed E-state index contributed by atoms with van der Waals surface area (Å²) in [6.07, 6.45) is 1.57. The molecule has 1 aromatic heterocycles. The Labute approximate surface area is 152 Å². The smallest absolute Gasteiger partial charge is 0.259 e. The van der Waals surface area contributed by atoms with Gasteiger partial charge in [0.05, 0.1) is 30.1 Å². The number of piperazine rings is 1. The number of carbonyl (C=O) groups is 2. The van der Waals surface area contributed by atoms with Crippen LogP contribution in [-0.2, 0) is 4.79 Å². The summed E-state index contributed by atoms with van der Waals surface area (Å²) in [7, 11) is 0. The topological polar surface area (TPSA) is 83.6 Å². The maximum absolute atomic E-state index is 12.6. The molecule has 2 amide bonds. The highest BCUT2D eigenvalue weighted by molar-refractivity contribution is 6.06. The quantitative estimate of drug-likeness (QED) is 0.859. The van der Waals surface area contributed by atoms with Crippen molar-refractivity contribution in [3.8, 4) is 5.75 Å². The third-order valence-electron chi connectivity index (χ3n) is 3.86. The molecule has 0 saturated carbocycles. The van der Waals surface area contributed by atoms with Crippen LogP contribution in [0.4, 0.5) is 11.5 Å². The average Bonchev–Trinajstić information content (AvgIpc) is 2.62. The van der Waals surface area contributed by atoms with Gasteiger partial charge in [-0.3, -0.25) is 9.59 Å². The molecule has 2 aromatic rings. The molecule has 0 bridgehead atoms. The zero-order valence-corrected chi connectivity index (χ0v) is 14.9. The van der Waals surface area contributed by atoms with Crippen molar-refractivity contribution in [1.29, 1.82) is 0 Å². The molecule has 0 radical (unpaired) electrons. The maximum atomic E-state index is 12.6. The molecule has 1 fully saturated rings. The minimum Gasteiger partial charge on any atom is -0.490 e. The van der Waals surface area contributed by atoms with E-state index in [4.69, 9.17) is 4.74 Å². The van der Waals surface area contributed by atoms with Crippen LogP contribution in [-0.4, -0.2) is 42.5 Å². The fourth-order valence-electron chi connectivity index (χ4n) is 2.69. The third-order valence-corrected chi connectivity index (χ3v) is 3.86. The average molecular weight is 354 g/mol. The summed E-state index contributed by atoms with van der Waals surface area (Å²) in [5.74, 6) is 0.982. The van der Waals surface area contributed by atoms with Gasteiger partial charge in [0, 0.05) is 13.1 Å². The van der Waals surface area contributed by atoms with Gasteiger partial charge in [-0.2, -0.15) is 0 Å². The van der Waals surface area contributed by atoms with Gasteiger partial charge in [-0.15, -0.1) is 0 Å². The molecular formula is C19H22N4O3. The molecule has 1 saturated heterocycles. The van der Waals surface area contributed by atoms with E-state index in [1.807, 2.05) is 24.8 Å². The molecule has 1 aromatic carbocycles. The van der Waals surface area contributed by atoms with Crippen molar-refractivity contribution in [2.24, 2.45) is 0 Å². The maximum Gasteiger partial charge on any atom is 0.259 e. The van der Waals surface area contributed by atoms with Gasteiger partial charge in [-0.1, -0.05) is 12.1 Å². The second kappa shape index (κ2) is 7.86. The van der Waals surface area contributed by atoms with Crippen molar-refractivity contribution < 1.29 is 14.3 Å². The van der Waals surface area contributed by atoms with E-state index in [0.717, 1.165) is 0 Å². The molecule has 1 aliphatic rings. The van der Waals surface area contributed by atoms with E-state index >= 15 is 0 Å². The zero-order chi connectivity index (χ0) is 18.5. The number of nitrogens with zero attached hydrogens (tertiary/aromatic N) is 2. The van der Waals surface area contributed by atoms with Gasteiger partial charge in [0.15, 0.2) is 0 Å². The van der Waals surface area contributed by atoms with Crippen LogP contribution in [0.3, 0.4) is 0 Å². The first kappa shape index (κ1) is 17.7. The van der Waals surface area contributed by atoms with E-state index in [0.29, 0.717) is 42.5 Å². The highest BCUT2D eigenvalue weighted by Gasteiger charge is 2.18. The number of aromatic nitrogens is 1. The van der Waals surface area contributed by atoms with Crippen molar-refractivity contribution >= 4 is 23.3 Å². The molecule has 2 heterocycles. The Morgan fingerprint density at radius 2 is 2.08 bits per heavy atom. The fourth-order valence-corrected chi connectivity index (χ4v) is 2.69. The number of nitrogens with one attached hydrogen (secondary N) is 2. The minimum atomic E-state index is -0.256.